The molecule has 0 saturated heterocycles. The van der Waals surface area contributed by atoms with Gasteiger partial charge in [-0.15, -0.1) is 0 Å². The van der Waals surface area contributed by atoms with Gasteiger partial charge >= 0.3 is 47.5 Å². The maximum absolute atomic E-state index is 10.5. The number of hydrogen-bond acceptors (Lipinski definition) is 7. The van der Waals surface area contributed by atoms with Crippen LogP contribution in [0, 0.1) is 0 Å². The van der Waals surface area contributed by atoms with Crippen molar-refractivity contribution in [3.05, 3.63) is 0 Å². The number of carboxylic acids is 4. The van der Waals surface area contributed by atoms with Gasteiger partial charge in [0.1, 0.15) is 0 Å². The van der Waals surface area contributed by atoms with Crippen molar-refractivity contribution in [1.29, 1.82) is 0 Å². The van der Waals surface area contributed by atoms with Gasteiger partial charge < -0.3 is 25.2 Å². The first-order valence-corrected chi connectivity index (χ1v) is 5.50. The Hall–Kier alpha value is -0.681. The Morgan fingerprint density at radius 1 is 0.727 bits per heavy atom. The Morgan fingerprint density at radius 2 is 1.00 bits per heavy atom. The van der Waals surface area contributed by atoms with E-state index in [1.165, 1.54) is 0 Å². The zero-order valence-electron chi connectivity index (χ0n) is 11.9. The fraction of sp³-hybridized carbons (Fsp3) is 0.600. The Balaban J connectivity index is -0.00000180. The molecule has 0 aromatic rings. The van der Waals surface area contributed by atoms with Crippen LogP contribution in [-0.2, 0) is 36.2 Å². The molecule has 0 spiro atoms. The molecule has 0 aromatic heterocycles. The van der Waals surface area contributed by atoms with Gasteiger partial charge in [0.2, 0.25) is 0 Å². The summed E-state index contributed by atoms with van der Waals surface area (Å²) < 4.78 is 0. The van der Waals surface area contributed by atoms with E-state index < -0.39 is 50.1 Å². The molecule has 0 fully saturated rings. The van der Waals surface area contributed by atoms with Crippen LogP contribution in [0.5, 0.6) is 0 Å². The second-order valence-corrected chi connectivity index (χ2v) is 3.97. The number of rotatable bonds is 11. The molecule has 0 heterocycles. The molecule has 0 rings (SSSR count). The van der Waals surface area contributed by atoms with E-state index in [1.807, 2.05) is 0 Å². The number of carbonyl (C=O) groups excluding carboxylic acids is 1. The fourth-order valence-corrected chi connectivity index (χ4v) is 1.47. The van der Waals surface area contributed by atoms with Crippen LogP contribution in [0.15, 0.2) is 0 Å². The van der Waals surface area contributed by atoms with Crippen molar-refractivity contribution in [2.45, 2.75) is 0 Å². The molecule has 0 bridgehead atoms. The first-order chi connectivity index (χ1) is 9.20. The van der Waals surface area contributed by atoms with Crippen molar-refractivity contribution in [1.82, 2.24) is 9.80 Å². The summed E-state index contributed by atoms with van der Waals surface area (Å²) in [5, 5.41) is 36.3. The van der Waals surface area contributed by atoms with Crippen LogP contribution in [0.3, 0.4) is 0 Å². The molecule has 0 radical (unpaired) electrons. The molecule has 3 N–H and O–H groups in total. The number of aliphatic carboxylic acids is 4. The summed E-state index contributed by atoms with van der Waals surface area (Å²) in [4.78, 5) is 44.1. The monoisotopic (exact) mass is 370 g/mol. The van der Waals surface area contributed by atoms with Crippen LogP contribution in [0.4, 0.5) is 0 Å². The van der Waals surface area contributed by atoms with Crippen molar-refractivity contribution >= 4 is 23.9 Å². The van der Waals surface area contributed by atoms with Crippen LogP contribution in [-0.4, -0.2) is 88.3 Å². The molecule has 0 unspecified atom stereocenters. The van der Waals surface area contributed by atoms with E-state index in [-0.39, 0.29) is 59.7 Å². The SMILES string of the molecule is O=C([O-])CN(CCN(CC(=O)O)CC(=O)O)CC(=O)O.[Fe].[Na+]. The third-order valence-electron chi connectivity index (χ3n) is 2.16. The molecule has 22 heavy (non-hydrogen) atoms. The van der Waals surface area contributed by atoms with E-state index in [0.29, 0.717) is 0 Å². The van der Waals surface area contributed by atoms with Crippen LogP contribution < -0.4 is 34.7 Å². The second kappa shape index (κ2) is 13.9. The summed E-state index contributed by atoms with van der Waals surface area (Å²) in [6.45, 7) is -2.50. The third-order valence-corrected chi connectivity index (χ3v) is 2.16. The second-order valence-electron chi connectivity index (χ2n) is 3.97. The molecule has 0 aromatic carbocycles. The Morgan fingerprint density at radius 3 is 1.23 bits per heavy atom. The summed E-state index contributed by atoms with van der Waals surface area (Å²) in [6.07, 6.45) is 0. The summed E-state index contributed by atoms with van der Waals surface area (Å²) in [5.41, 5.74) is 0. The average Bonchev–Trinajstić information content (AvgIpc) is 2.22. The molecule has 0 saturated carbocycles. The minimum absolute atomic E-state index is 0. The van der Waals surface area contributed by atoms with E-state index in [2.05, 4.69) is 0 Å². The van der Waals surface area contributed by atoms with Crippen molar-refractivity contribution in [3.8, 4) is 0 Å². The average molecular weight is 370 g/mol. The minimum Gasteiger partial charge on any atom is -0.549 e. The first-order valence-electron chi connectivity index (χ1n) is 5.50. The van der Waals surface area contributed by atoms with Gasteiger partial charge in [0.25, 0.3) is 0 Å². The topological polar surface area (TPSA) is 159 Å². The predicted octanol–water partition coefficient (Wildman–Crippen LogP) is -6.40. The van der Waals surface area contributed by atoms with Crippen LogP contribution in [0.1, 0.15) is 0 Å². The zero-order valence-corrected chi connectivity index (χ0v) is 15.0. The van der Waals surface area contributed by atoms with E-state index in [1.54, 1.807) is 0 Å². The smallest absolute Gasteiger partial charge is 0.549 e. The van der Waals surface area contributed by atoms with Gasteiger partial charge in [-0.05, 0) is 0 Å². The van der Waals surface area contributed by atoms with Gasteiger partial charge in [0.15, 0.2) is 0 Å². The van der Waals surface area contributed by atoms with Crippen LogP contribution in [0.2, 0.25) is 0 Å². The van der Waals surface area contributed by atoms with Crippen molar-refractivity contribution in [3.63, 3.8) is 0 Å². The molecule has 0 aliphatic rings. The van der Waals surface area contributed by atoms with Gasteiger partial charge in [-0.3, -0.25) is 24.2 Å². The Labute approximate surface area is 158 Å². The minimum atomic E-state index is -1.48. The molecular weight excluding hydrogens is 355 g/mol. The van der Waals surface area contributed by atoms with Crippen molar-refractivity contribution in [2.75, 3.05) is 39.3 Å². The fourth-order valence-electron chi connectivity index (χ4n) is 1.47. The third kappa shape index (κ3) is 15.7. The molecule has 122 valence electrons. The van der Waals surface area contributed by atoms with Gasteiger partial charge in [-0.25, -0.2) is 0 Å². The molecule has 0 amide bonds. The first kappa shape index (κ1) is 26.2. The zero-order chi connectivity index (χ0) is 15.7. The maximum Gasteiger partial charge on any atom is 1.00 e. The summed E-state index contributed by atoms with van der Waals surface area (Å²) in [7, 11) is 0. The molecule has 0 aliphatic heterocycles. The molecule has 0 atom stereocenters. The summed E-state index contributed by atoms with van der Waals surface area (Å²) in [5.74, 6) is -5.21. The largest absolute Gasteiger partial charge is 1.00 e. The van der Waals surface area contributed by atoms with E-state index in [9.17, 15) is 24.3 Å². The number of carbonyl (C=O) groups is 4. The maximum atomic E-state index is 10.5. The van der Waals surface area contributed by atoms with E-state index in [4.69, 9.17) is 15.3 Å². The van der Waals surface area contributed by atoms with Crippen molar-refractivity contribution < 1.29 is 86.2 Å². The van der Waals surface area contributed by atoms with E-state index >= 15 is 0 Å². The predicted molar refractivity (Wildman–Crippen MR) is 60.8 cm³/mol. The number of carboxylic acid groups (broad SMARTS) is 4. The van der Waals surface area contributed by atoms with Crippen LogP contribution >= 0.6 is 0 Å². The summed E-state index contributed by atoms with van der Waals surface area (Å²) >= 11 is 0. The van der Waals surface area contributed by atoms with Crippen molar-refractivity contribution in [2.24, 2.45) is 0 Å². The quantitative estimate of drug-likeness (QED) is 0.299. The van der Waals surface area contributed by atoms with Gasteiger partial charge in [-0.1, -0.05) is 0 Å². The molecular formula is C10H15FeN2NaO8. The van der Waals surface area contributed by atoms with Gasteiger partial charge in [0.05, 0.1) is 25.6 Å². The normalized spacial score (nSPS) is 9.73. The van der Waals surface area contributed by atoms with Crippen LogP contribution in [0.25, 0.3) is 0 Å². The molecule has 12 heteroatoms. The standard InChI is InChI=1S/C10H16N2O8.Fe.Na/c13-7(14)3-11(4-8(15)16)1-2-12(5-9(17)18)6-10(19)20;;/h1-6H2,(H,13,14)(H,15,16)(H,17,18)(H,19,20);;/q;;+1/p-1. The van der Waals surface area contributed by atoms with Gasteiger partial charge in [0, 0.05) is 36.7 Å². The van der Waals surface area contributed by atoms with E-state index in [0.717, 1.165) is 9.80 Å². The molecule has 0 aliphatic carbocycles. The molecule has 10 nitrogen and oxygen atoms in total. The van der Waals surface area contributed by atoms with Gasteiger partial charge in [-0.2, -0.15) is 0 Å². The Kier molecular flexibility index (Phi) is 16.6. The number of hydrogen-bond donors (Lipinski definition) is 3. The Bertz CT molecular complexity index is 327. The summed E-state index contributed by atoms with van der Waals surface area (Å²) in [6, 6.07) is 0. The number of nitrogens with zero attached hydrogens (tertiary/aromatic N) is 2.